The average Bonchev–Trinajstić information content (AvgIpc) is 3.23. The Morgan fingerprint density at radius 1 is 0.375 bits per heavy atom. The zero-order chi connectivity index (χ0) is 40.0. The van der Waals surface area contributed by atoms with Gasteiger partial charge in [-0.2, -0.15) is 0 Å². The average molecular weight is 759 g/mol. The Morgan fingerprint density at radius 3 is 0.964 bits per heavy atom. The molecule has 0 spiro atoms. The van der Waals surface area contributed by atoms with Crippen LogP contribution in [0.5, 0.6) is 46.0 Å². The van der Waals surface area contributed by atoms with Crippen molar-refractivity contribution in [1.29, 1.82) is 0 Å². The normalized spacial score (nSPS) is 13.1. The predicted molar refractivity (Wildman–Crippen MR) is 223 cm³/mol. The summed E-state index contributed by atoms with van der Waals surface area (Å²) in [6, 6.07) is 31.9. The molecule has 0 saturated heterocycles. The van der Waals surface area contributed by atoms with Crippen LogP contribution in [0.15, 0.2) is 115 Å². The van der Waals surface area contributed by atoms with E-state index in [9.17, 15) is 0 Å². The van der Waals surface area contributed by atoms with Crippen LogP contribution in [0.25, 0.3) is 5.57 Å². The van der Waals surface area contributed by atoms with Crippen LogP contribution in [0.3, 0.4) is 0 Å². The van der Waals surface area contributed by atoms with Crippen LogP contribution < -0.4 is 47.7 Å². The third kappa shape index (κ3) is 8.29. The maximum absolute atomic E-state index is 5.69. The molecule has 5 aromatic rings. The molecule has 0 unspecified atom stereocenters. The zero-order valence-corrected chi connectivity index (χ0v) is 33.8. The summed E-state index contributed by atoms with van der Waals surface area (Å²) in [6.45, 7) is 4.54. The fourth-order valence-corrected chi connectivity index (χ4v) is 7.06. The summed E-state index contributed by atoms with van der Waals surface area (Å²) in [5, 5.41) is 0. The molecule has 0 aliphatic heterocycles. The van der Waals surface area contributed by atoms with Crippen LogP contribution >= 0.6 is 0 Å². The summed E-state index contributed by atoms with van der Waals surface area (Å²) < 4.78 is 45.4. The molecule has 0 bridgehead atoms. The van der Waals surface area contributed by atoms with Gasteiger partial charge < -0.3 is 47.7 Å². The van der Waals surface area contributed by atoms with E-state index >= 15 is 0 Å². The van der Waals surface area contributed by atoms with Gasteiger partial charge in [0, 0.05) is 84.2 Å². The highest BCUT2D eigenvalue weighted by Crippen LogP contribution is 2.49. The van der Waals surface area contributed by atoms with Gasteiger partial charge in [-0.3, -0.25) is 0 Å². The van der Waals surface area contributed by atoms with Gasteiger partial charge in [0.15, 0.2) is 0 Å². The molecule has 10 nitrogen and oxygen atoms in total. The fourth-order valence-electron chi connectivity index (χ4n) is 7.06. The van der Waals surface area contributed by atoms with E-state index in [1.54, 1.807) is 56.9 Å². The lowest BCUT2D eigenvalue weighted by Crippen LogP contribution is -2.26. The topological polar surface area (TPSA) is 80.3 Å². The molecule has 1 aliphatic carbocycles. The number of anilines is 5. The predicted octanol–water partition coefficient (Wildman–Crippen LogP) is 10.8. The fraction of sp³-hybridized carbons (Fsp3) is 0.261. The highest BCUT2D eigenvalue weighted by atomic mass is 16.5. The number of hydrogen-bond acceptors (Lipinski definition) is 10. The van der Waals surface area contributed by atoms with Crippen molar-refractivity contribution in [2.24, 2.45) is 5.41 Å². The van der Waals surface area contributed by atoms with Gasteiger partial charge in [-0.25, -0.2) is 0 Å². The number of allylic oxidation sites excluding steroid dienone is 4. The minimum Gasteiger partial charge on any atom is -0.497 e. The molecule has 0 fully saturated rings. The molecule has 56 heavy (non-hydrogen) atoms. The Balaban J connectivity index is 1.45. The van der Waals surface area contributed by atoms with Crippen LogP contribution in [-0.2, 0) is 0 Å². The highest BCUT2D eigenvalue weighted by molar-refractivity contribution is 5.82. The van der Waals surface area contributed by atoms with E-state index in [2.05, 4.69) is 60.1 Å². The van der Waals surface area contributed by atoms with E-state index < -0.39 is 0 Å². The van der Waals surface area contributed by atoms with Crippen LogP contribution in [0.1, 0.15) is 25.8 Å². The second-order valence-corrected chi connectivity index (χ2v) is 13.8. The van der Waals surface area contributed by atoms with Gasteiger partial charge >= 0.3 is 0 Å². The summed E-state index contributed by atoms with van der Waals surface area (Å²) in [7, 11) is 13.2. The Hall–Kier alpha value is -6.42. The standard InChI is InChI=1S/C46H50N2O8/c1-46(2)29-32(48(35-21-41(53-7)27-42(22-35)54-8)36-23-43(55-9)28-44(24-36)56-10)15-16-45(46)30-11-13-31(14-12-30)47(33-17-37(49-3)25-38(18-33)50-4)34-19-39(51-5)26-40(20-34)52-6/h11-28H,29H2,1-10H3. The second kappa shape index (κ2) is 16.9. The quantitative estimate of drug-likeness (QED) is 0.103. The van der Waals surface area contributed by atoms with Crippen LogP contribution in [0.2, 0.25) is 0 Å². The number of benzene rings is 5. The summed E-state index contributed by atoms with van der Waals surface area (Å²) >= 11 is 0. The Bertz CT molecular complexity index is 2030. The number of ether oxygens (including phenoxy) is 8. The molecule has 5 aromatic carbocycles. The summed E-state index contributed by atoms with van der Waals surface area (Å²) in [6.07, 6.45) is 5.12. The molecule has 0 N–H and O–H groups in total. The zero-order valence-electron chi connectivity index (χ0n) is 33.8. The summed E-state index contributed by atoms with van der Waals surface area (Å²) in [4.78, 5) is 4.33. The molecule has 0 amide bonds. The summed E-state index contributed by atoms with van der Waals surface area (Å²) in [5.74, 6) is 5.39. The lowest BCUT2D eigenvalue weighted by Gasteiger charge is -2.38. The maximum atomic E-state index is 5.69. The first-order valence-electron chi connectivity index (χ1n) is 18.1. The molecule has 0 heterocycles. The lowest BCUT2D eigenvalue weighted by molar-refractivity contribution is 0.393. The summed E-state index contributed by atoms with van der Waals surface area (Å²) in [5.41, 5.74) is 7.49. The molecule has 0 aromatic heterocycles. The minimum absolute atomic E-state index is 0.268. The molecule has 0 atom stereocenters. The molecule has 6 rings (SSSR count). The highest BCUT2D eigenvalue weighted by Gasteiger charge is 2.32. The van der Waals surface area contributed by atoms with E-state index in [1.165, 1.54) is 5.57 Å². The molecule has 1 aliphatic rings. The van der Waals surface area contributed by atoms with Gasteiger partial charge in [0.1, 0.15) is 46.0 Å². The molecule has 292 valence electrons. The van der Waals surface area contributed by atoms with Gasteiger partial charge in [0.2, 0.25) is 0 Å². The van der Waals surface area contributed by atoms with Crippen molar-refractivity contribution in [2.75, 3.05) is 66.7 Å². The SMILES string of the molecule is COc1cc(OC)cc(N(C2=CC=C(c3ccc(N(c4cc(OC)cc(OC)c4)c4cc(OC)cc(OC)c4)cc3)C(C)(C)C2)c2cc(OC)cc(OC)c2)c1. The van der Waals surface area contributed by atoms with E-state index in [0.717, 1.165) is 46.1 Å². The van der Waals surface area contributed by atoms with Crippen LogP contribution in [0.4, 0.5) is 28.4 Å². The Kier molecular flexibility index (Phi) is 11.9. The second-order valence-electron chi connectivity index (χ2n) is 13.8. The van der Waals surface area contributed by atoms with Crippen molar-refractivity contribution in [3.05, 3.63) is 120 Å². The first-order chi connectivity index (χ1) is 27.1. The minimum atomic E-state index is -0.268. The molecule has 10 heteroatoms. The third-order valence-corrected chi connectivity index (χ3v) is 9.90. The van der Waals surface area contributed by atoms with Gasteiger partial charge in [0.05, 0.1) is 79.6 Å². The lowest BCUT2D eigenvalue weighted by atomic mass is 9.74. The van der Waals surface area contributed by atoms with Gasteiger partial charge in [-0.15, -0.1) is 0 Å². The molecular formula is C46H50N2O8. The van der Waals surface area contributed by atoms with E-state index in [1.807, 2.05) is 72.8 Å². The Labute approximate surface area is 330 Å². The van der Waals surface area contributed by atoms with Crippen molar-refractivity contribution >= 4 is 34.0 Å². The van der Waals surface area contributed by atoms with Crippen molar-refractivity contribution in [2.45, 2.75) is 20.3 Å². The largest absolute Gasteiger partial charge is 0.497 e. The van der Waals surface area contributed by atoms with E-state index in [-0.39, 0.29) is 5.41 Å². The Morgan fingerprint density at radius 2 is 0.679 bits per heavy atom. The van der Waals surface area contributed by atoms with Crippen molar-refractivity contribution in [3.63, 3.8) is 0 Å². The number of methoxy groups -OCH3 is 8. The van der Waals surface area contributed by atoms with Gasteiger partial charge in [-0.05, 0) is 41.2 Å². The van der Waals surface area contributed by atoms with Crippen molar-refractivity contribution < 1.29 is 37.9 Å². The monoisotopic (exact) mass is 758 g/mol. The van der Waals surface area contributed by atoms with Crippen LogP contribution in [0, 0.1) is 5.41 Å². The van der Waals surface area contributed by atoms with Gasteiger partial charge in [0.25, 0.3) is 0 Å². The van der Waals surface area contributed by atoms with Gasteiger partial charge in [-0.1, -0.05) is 32.1 Å². The van der Waals surface area contributed by atoms with Crippen molar-refractivity contribution in [3.8, 4) is 46.0 Å². The number of nitrogens with zero attached hydrogens (tertiary/aromatic N) is 2. The number of rotatable bonds is 15. The molecular weight excluding hydrogens is 709 g/mol. The molecule has 0 saturated carbocycles. The molecule has 0 radical (unpaired) electrons. The first kappa shape index (κ1) is 39.3. The van der Waals surface area contributed by atoms with Crippen LogP contribution in [-0.4, -0.2) is 56.9 Å². The smallest absolute Gasteiger partial charge is 0.124 e. The van der Waals surface area contributed by atoms with E-state index in [4.69, 9.17) is 37.9 Å². The van der Waals surface area contributed by atoms with Crippen molar-refractivity contribution in [1.82, 2.24) is 0 Å². The van der Waals surface area contributed by atoms with E-state index in [0.29, 0.717) is 46.0 Å². The number of hydrogen-bond donors (Lipinski definition) is 0. The first-order valence-corrected chi connectivity index (χ1v) is 18.1. The maximum Gasteiger partial charge on any atom is 0.124 e. The third-order valence-electron chi connectivity index (χ3n) is 9.90.